The number of nitrogen functional groups attached to an aromatic ring is 2. The summed E-state index contributed by atoms with van der Waals surface area (Å²) < 4.78 is 0. The van der Waals surface area contributed by atoms with Crippen LogP contribution in [0.4, 0.5) is 23.5 Å². The Morgan fingerprint density at radius 3 is 2.33 bits per heavy atom. The van der Waals surface area contributed by atoms with E-state index in [0.717, 1.165) is 55.9 Å². The van der Waals surface area contributed by atoms with E-state index in [1.807, 2.05) is 24.3 Å². The molecule has 0 aliphatic heterocycles. The lowest BCUT2D eigenvalue weighted by molar-refractivity contribution is 0.592. The summed E-state index contributed by atoms with van der Waals surface area (Å²) in [4.78, 5) is 38.4. The molecule has 6 aromatic heterocycles. The molecule has 0 aliphatic rings. The van der Waals surface area contributed by atoms with Gasteiger partial charge in [-0.25, -0.2) is 19.9 Å². The Kier molecular flexibility index (Phi) is 8.84. The molecule has 0 spiro atoms. The highest BCUT2D eigenvalue weighted by Gasteiger charge is 2.20. The van der Waals surface area contributed by atoms with Crippen LogP contribution >= 0.6 is 0 Å². The summed E-state index contributed by atoms with van der Waals surface area (Å²) in [5.41, 5.74) is 16.2. The first kappa shape index (κ1) is 29.6. The molecule has 0 bridgehead atoms. The normalized spacial score (nSPS) is 12.8. The first-order chi connectivity index (χ1) is 22.0. The van der Waals surface area contributed by atoms with Gasteiger partial charge in [0.2, 0.25) is 11.9 Å². The fraction of sp³-hybridized carbons (Fsp3) is 0.367. The zero-order chi connectivity index (χ0) is 31.2. The van der Waals surface area contributed by atoms with Crippen LogP contribution in [-0.4, -0.2) is 61.1 Å². The number of fused-ring (bicyclic) bond motifs is 2. The van der Waals surface area contributed by atoms with Gasteiger partial charge < -0.3 is 32.1 Å². The number of anilines is 4. The average molecular weight is 608 g/mol. The Balaban J connectivity index is 1.26. The first-order valence-electron chi connectivity index (χ1n) is 15.3. The maximum absolute atomic E-state index is 6.08. The standard InChI is InChI=1S/C30H37N15/c1-3-5-8-17(37-27-24-19(10-7-13-33-24)41-29(31)43-27)14-23-34-15-22(38-23)18-11-12-20-25(39-18)28(44-30(32)42-20)40-21(9-6-4-2)26-35-16-36-45-26/h7,10-13,15-17,21H,3-6,8-9,14H2,1-2H3,(H,34,38)(H,35,36,45)(H3,31,37,41,43)(H3,32,40,42,44)/t17-,21-/m1/s1. The predicted octanol–water partition coefficient (Wildman–Crippen LogP) is 4.59. The van der Waals surface area contributed by atoms with Crippen LogP contribution in [0.5, 0.6) is 0 Å². The van der Waals surface area contributed by atoms with Crippen LogP contribution in [0.15, 0.2) is 43.0 Å². The molecule has 232 valence electrons. The summed E-state index contributed by atoms with van der Waals surface area (Å²) >= 11 is 0. The molecule has 0 aromatic carbocycles. The van der Waals surface area contributed by atoms with Gasteiger partial charge in [0.15, 0.2) is 17.5 Å². The second-order valence-corrected chi connectivity index (χ2v) is 10.9. The number of hydrogen-bond donors (Lipinski definition) is 6. The highest BCUT2D eigenvalue weighted by molar-refractivity contribution is 5.88. The number of hydrogen-bond acceptors (Lipinski definition) is 13. The monoisotopic (exact) mass is 607 g/mol. The summed E-state index contributed by atoms with van der Waals surface area (Å²) in [7, 11) is 0. The number of nitrogens with one attached hydrogen (secondary N) is 4. The van der Waals surface area contributed by atoms with Crippen molar-refractivity contribution in [1.29, 1.82) is 0 Å². The average Bonchev–Trinajstić information content (AvgIpc) is 3.75. The summed E-state index contributed by atoms with van der Waals surface area (Å²) in [6.07, 6.45) is 11.6. The van der Waals surface area contributed by atoms with Crippen molar-refractivity contribution in [3.05, 3.63) is 54.6 Å². The molecule has 0 amide bonds. The van der Waals surface area contributed by atoms with E-state index in [1.54, 1.807) is 18.7 Å². The van der Waals surface area contributed by atoms with Crippen molar-refractivity contribution < 1.29 is 0 Å². The number of unbranched alkanes of at least 4 members (excludes halogenated alkanes) is 2. The highest BCUT2D eigenvalue weighted by Crippen LogP contribution is 2.28. The van der Waals surface area contributed by atoms with Crippen LogP contribution in [0.1, 0.15) is 70.1 Å². The molecule has 8 N–H and O–H groups in total. The van der Waals surface area contributed by atoms with Crippen molar-refractivity contribution in [3.63, 3.8) is 0 Å². The summed E-state index contributed by atoms with van der Waals surface area (Å²) in [5.74, 6) is 3.05. The number of rotatable bonds is 14. The lowest BCUT2D eigenvalue weighted by Crippen LogP contribution is -2.24. The smallest absolute Gasteiger partial charge is 0.222 e. The van der Waals surface area contributed by atoms with Crippen LogP contribution in [0.3, 0.4) is 0 Å². The van der Waals surface area contributed by atoms with Gasteiger partial charge >= 0.3 is 0 Å². The van der Waals surface area contributed by atoms with Gasteiger partial charge in [0.05, 0.1) is 34.7 Å². The van der Waals surface area contributed by atoms with E-state index in [-0.39, 0.29) is 24.0 Å². The van der Waals surface area contributed by atoms with Gasteiger partial charge in [-0.1, -0.05) is 39.5 Å². The molecule has 45 heavy (non-hydrogen) atoms. The van der Waals surface area contributed by atoms with E-state index in [0.29, 0.717) is 45.8 Å². The minimum Gasteiger partial charge on any atom is -0.368 e. The minimum absolute atomic E-state index is 0.0383. The molecule has 0 fully saturated rings. The van der Waals surface area contributed by atoms with Crippen molar-refractivity contribution in [2.45, 2.75) is 70.9 Å². The topological polar surface area (TPSA) is 224 Å². The molecule has 15 heteroatoms. The van der Waals surface area contributed by atoms with Crippen molar-refractivity contribution >= 4 is 45.6 Å². The minimum atomic E-state index is -0.140. The van der Waals surface area contributed by atoms with Gasteiger partial charge in [-0.15, -0.1) is 10.2 Å². The van der Waals surface area contributed by atoms with Gasteiger partial charge in [-0.3, -0.25) is 4.98 Å². The van der Waals surface area contributed by atoms with Crippen LogP contribution in [0.2, 0.25) is 0 Å². The SMILES string of the molecule is CCCC[C@H](Cc1ncc(-c2ccc3nc(N)nc(N[C@H](CCCC)c4nnc[nH]4)c3n2)[nH]1)Nc1nc(N)nc2cccnc12. The van der Waals surface area contributed by atoms with Crippen molar-refractivity contribution in [3.8, 4) is 11.4 Å². The van der Waals surface area contributed by atoms with Gasteiger partial charge in [0, 0.05) is 18.7 Å². The van der Waals surface area contributed by atoms with Gasteiger partial charge in [-0.2, -0.15) is 9.97 Å². The zero-order valence-corrected chi connectivity index (χ0v) is 25.3. The maximum atomic E-state index is 6.08. The van der Waals surface area contributed by atoms with Crippen molar-refractivity contribution in [2.24, 2.45) is 0 Å². The Morgan fingerprint density at radius 1 is 0.822 bits per heavy atom. The molecule has 6 heterocycles. The third-order valence-corrected chi connectivity index (χ3v) is 7.55. The van der Waals surface area contributed by atoms with Gasteiger partial charge in [0.25, 0.3) is 0 Å². The number of aromatic nitrogens is 11. The molecule has 6 rings (SSSR count). The van der Waals surface area contributed by atoms with Crippen LogP contribution in [0, 0.1) is 0 Å². The molecule has 0 aliphatic carbocycles. The maximum Gasteiger partial charge on any atom is 0.222 e. The summed E-state index contributed by atoms with van der Waals surface area (Å²) in [6, 6.07) is 7.40. The van der Waals surface area contributed by atoms with Crippen molar-refractivity contribution in [2.75, 3.05) is 22.1 Å². The molecule has 0 unspecified atom stereocenters. The predicted molar refractivity (Wildman–Crippen MR) is 174 cm³/mol. The quantitative estimate of drug-likeness (QED) is 0.0997. The van der Waals surface area contributed by atoms with E-state index >= 15 is 0 Å². The number of pyridine rings is 2. The van der Waals surface area contributed by atoms with E-state index in [2.05, 4.69) is 69.6 Å². The Morgan fingerprint density at radius 2 is 1.58 bits per heavy atom. The lowest BCUT2D eigenvalue weighted by atomic mass is 10.1. The second-order valence-electron chi connectivity index (χ2n) is 10.9. The third kappa shape index (κ3) is 6.87. The van der Waals surface area contributed by atoms with E-state index in [9.17, 15) is 0 Å². The summed E-state index contributed by atoms with van der Waals surface area (Å²) in [5, 5.41) is 15.2. The fourth-order valence-corrected chi connectivity index (χ4v) is 5.30. The molecule has 2 atom stereocenters. The summed E-state index contributed by atoms with van der Waals surface area (Å²) in [6.45, 7) is 4.32. The zero-order valence-electron chi connectivity index (χ0n) is 25.3. The van der Waals surface area contributed by atoms with Crippen LogP contribution < -0.4 is 22.1 Å². The van der Waals surface area contributed by atoms with Gasteiger partial charge in [0.1, 0.15) is 23.2 Å². The van der Waals surface area contributed by atoms with Crippen LogP contribution in [-0.2, 0) is 6.42 Å². The Hall–Kier alpha value is -5.47. The lowest BCUT2D eigenvalue weighted by Gasteiger charge is -2.19. The van der Waals surface area contributed by atoms with E-state index < -0.39 is 0 Å². The fourth-order valence-electron chi connectivity index (χ4n) is 5.30. The molecule has 0 saturated carbocycles. The molecule has 15 nitrogen and oxygen atoms in total. The second kappa shape index (κ2) is 13.4. The van der Waals surface area contributed by atoms with Gasteiger partial charge in [-0.05, 0) is 37.1 Å². The Bertz CT molecular complexity index is 1870. The first-order valence-corrected chi connectivity index (χ1v) is 15.3. The molecule has 0 saturated heterocycles. The molecular formula is C30H37N15. The van der Waals surface area contributed by atoms with Crippen molar-refractivity contribution in [1.82, 2.24) is 55.1 Å². The van der Waals surface area contributed by atoms with E-state index in [4.69, 9.17) is 21.4 Å². The number of nitrogens with zero attached hydrogens (tertiary/aromatic N) is 9. The van der Waals surface area contributed by atoms with Crippen LogP contribution in [0.25, 0.3) is 33.5 Å². The number of aromatic amines is 2. The highest BCUT2D eigenvalue weighted by atomic mass is 15.2. The largest absolute Gasteiger partial charge is 0.368 e. The molecular weight excluding hydrogens is 570 g/mol. The third-order valence-electron chi connectivity index (χ3n) is 7.55. The molecule has 0 radical (unpaired) electrons. The van der Waals surface area contributed by atoms with E-state index in [1.165, 1.54) is 0 Å². The molecule has 6 aromatic rings. The number of imidazole rings is 1. The number of nitrogens with two attached hydrogens (primary N) is 2. The Labute approximate surface area is 259 Å². The number of H-pyrrole nitrogens is 2.